The van der Waals surface area contributed by atoms with E-state index in [2.05, 4.69) is 70.1 Å². The van der Waals surface area contributed by atoms with Gasteiger partial charge in [-0.15, -0.1) is 0 Å². The summed E-state index contributed by atoms with van der Waals surface area (Å²) >= 11 is 0. The van der Waals surface area contributed by atoms with E-state index in [0.717, 1.165) is 24.1 Å². The first-order valence-electron chi connectivity index (χ1n) is 8.27. The number of hydrogen-bond donors (Lipinski definition) is 1. The summed E-state index contributed by atoms with van der Waals surface area (Å²) in [5, 5.41) is 13.0. The zero-order valence-electron chi connectivity index (χ0n) is 14.7. The van der Waals surface area contributed by atoms with Crippen LogP contribution in [0.5, 0.6) is 0 Å². The summed E-state index contributed by atoms with van der Waals surface area (Å²) in [7, 11) is 0. The molecule has 23 heavy (non-hydrogen) atoms. The van der Waals surface area contributed by atoms with E-state index in [0.29, 0.717) is 0 Å². The molecule has 1 aliphatic carbocycles. The fourth-order valence-corrected chi connectivity index (χ4v) is 3.64. The summed E-state index contributed by atoms with van der Waals surface area (Å²) in [6.07, 6.45) is 1.76. The number of rotatable bonds is 1. The highest BCUT2D eigenvalue weighted by Crippen LogP contribution is 2.43. The highest BCUT2D eigenvalue weighted by Gasteiger charge is 2.36. The van der Waals surface area contributed by atoms with Crippen LogP contribution in [-0.4, -0.2) is 10.9 Å². The van der Waals surface area contributed by atoms with E-state index in [4.69, 9.17) is 0 Å². The predicted molar refractivity (Wildman–Crippen MR) is 95.8 cm³/mol. The van der Waals surface area contributed by atoms with Crippen LogP contribution in [-0.2, 0) is 5.41 Å². The largest absolute Gasteiger partial charge is 0.411 e. The van der Waals surface area contributed by atoms with Crippen LogP contribution in [0, 0.1) is 27.7 Å². The molecule has 1 atom stereocenters. The Morgan fingerprint density at radius 3 is 2.22 bits per heavy atom. The van der Waals surface area contributed by atoms with Gasteiger partial charge < -0.3 is 5.21 Å². The fourth-order valence-electron chi connectivity index (χ4n) is 3.64. The first-order chi connectivity index (χ1) is 10.9. The van der Waals surface area contributed by atoms with Gasteiger partial charge >= 0.3 is 0 Å². The smallest absolute Gasteiger partial charge is 0.0871 e. The molecule has 3 rings (SSSR count). The Bertz CT molecular complexity index is 804. The van der Waals surface area contributed by atoms with Crippen molar-refractivity contribution in [2.75, 3.05) is 0 Å². The first kappa shape index (κ1) is 15.8. The summed E-state index contributed by atoms with van der Waals surface area (Å²) in [5.74, 6) is 0. The van der Waals surface area contributed by atoms with Crippen molar-refractivity contribution in [1.29, 1.82) is 0 Å². The normalized spacial score (nSPS) is 22.2. The van der Waals surface area contributed by atoms with Gasteiger partial charge in [0.05, 0.1) is 5.71 Å². The third-order valence-electron chi connectivity index (χ3n) is 5.67. The van der Waals surface area contributed by atoms with Gasteiger partial charge in [0, 0.05) is 11.0 Å². The monoisotopic (exact) mass is 307 g/mol. The van der Waals surface area contributed by atoms with E-state index in [1.807, 2.05) is 0 Å². The van der Waals surface area contributed by atoms with Crippen LogP contribution < -0.4 is 0 Å². The molecule has 0 amide bonds. The number of oxime groups is 1. The molecule has 1 aliphatic rings. The number of fused-ring (bicyclic) bond motifs is 1. The van der Waals surface area contributed by atoms with Crippen molar-refractivity contribution in [2.24, 2.45) is 5.16 Å². The maximum Gasteiger partial charge on any atom is 0.0871 e. The van der Waals surface area contributed by atoms with Crippen molar-refractivity contribution < 1.29 is 5.21 Å². The molecule has 1 N–H and O–H groups in total. The summed E-state index contributed by atoms with van der Waals surface area (Å²) < 4.78 is 0. The molecular formula is C21H25NO. The van der Waals surface area contributed by atoms with Crippen LogP contribution in [0.25, 0.3) is 0 Å². The third kappa shape index (κ3) is 2.46. The second kappa shape index (κ2) is 5.52. The molecule has 0 saturated carbocycles. The zero-order chi connectivity index (χ0) is 16.8. The summed E-state index contributed by atoms with van der Waals surface area (Å²) in [4.78, 5) is 0. The lowest BCUT2D eigenvalue weighted by Crippen LogP contribution is -2.32. The van der Waals surface area contributed by atoms with Crippen LogP contribution in [0.15, 0.2) is 35.5 Å². The summed E-state index contributed by atoms with van der Waals surface area (Å²) in [6, 6.07) is 11.2. The molecule has 0 unspecified atom stereocenters. The maximum absolute atomic E-state index is 9.41. The number of benzene rings is 2. The highest BCUT2D eigenvalue weighted by molar-refractivity contribution is 6.03. The van der Waals surface area contributed by atoms with E-state index >= 15 is 0 Å². The number of aryl methyl sites for hydroxylation is 4. The molecule has 0 fully saturated rings. The Morgan fingerprint density at radius 1 is 0.913 bits per heavy atom. The average Bonchev–Trinajstić information content (AvgIpc) is 2.52. The molecule has 2 heteroatoms. The Hall–Kier alpha value is -2.09. The molecule has 120 valence electrons. The van der Waals surface area contributed by atoms with E-state index in [9.17, 15) is 5.21 Å². The van der Waals surface area contributed by atoms with Gasteiger partial charge in [0.2, 0.25) is 0 Å². The van der Waals surface area contributed by atoms with Crippen molar-refractivity contribution in [1.82, 2.24) is 0 Å². The van der Waals surface area contributed by atoms with Gasteiger partial charge in [0.1, 0.15) is 0 Å². The van der Waals surface area contributed by atoms with Crippen LogP contribution in [0.2, 0.25) is 0 Å². The molecule has 0 radical (unpaired) electrons. The molecule has 2 nitrogen and oxygen atoms in total. The third-order valence-corrected chi connectivity index (χ3v) is 5.67. The maximum atomic E-state index is 9.41. The standard InChI is InChI=1S/C21H25NO/c1-13-6-7-17(10-14(13)2)21(5)9-8-20(22-23)18-11-15(3)16(4)12-19(18)21/h6-7,10-12,23H,8-9H2,1-5H3/b22-20-/t21-/m0/s1. The van der Waals surface area contributed by atoms with Crippen LogP contribution in [0.4, 0.5) is 0 Å². The van der Waals surface area contributed by atoms with Crippen molar-refractivity contribution in [3.8, 4) is 0 Å². The lowest BCUT2D eigenvalue weighted by atomic mass is 9.66. The van der Waals surface area contributed by atoms with Gasteiger partial charge in [0.25, 0.3) is 0 Å². The van der Waals surface area contributed by atoms with Gasteiger partial charge in [-0.1, -0.05) is 36.3 Å². The molecule has 0 aliphatic heterocycles. The van der Waals surface area contributed by atoms with Crippen molar-refractivity contribution in [2.45, 2.75) is 52.9 Å². The quantitative estimate of drug-likeness (QED) is 0.570. The van der Waals surface area contributed by atoms with Crippen LogP contribution in [0.1, 0.15) is 58.7 Å². The molecule has 0 heterocycles. The minimum atomic E-state index is -0.0412. The van der Waals surface area contributed by atoms with Gasteiger partial charge in [-0.2, -0.15) is 0 Å². The van der Waals surface area contributed by atoms with E-state index < -0.39 is 0 Å². The predicted octanol–water partition coefficient (Wildman–Crippen LogP) is 5.20. The first-order valence-corrected chi connectivity index (χ1v) is 8.27. The Kier molecular flexibility index (Phi) is 3.79. The van der Waals surface area contributed by atoms with Gasteiger partial charge in [-0.05, 0) is 80.0 Å². The summed E-state index contributed by atoms with van der Waals surface area (Å²) in [6.45, 7) is 10.9. The van der Waals surface area contributed by atoms with E-state index in [-0.39, 0.29) is 5.41 Å². The highest BCUT2D eigenvalue weighted by atomic mass is 16.4. The molecule has 0 saturated heterocycles. The number of nitrogens with zero attached hydrogens (tertiary/aromatic N) is 1. The van der Waals surface area contributed by atoms with Gasteiger partial charge in [-0.3, -0.25) is 0 Å². The van der Waals surface area contributed by atoms with E-state index in [1.165, 1.54) is 33.4 Å². The molecule has 0 spiro atoms. The minimum absolute atomic E-state index is 0.0412. The molecular weight excluding hydrogens is 282 g/mol. The molecule has 2 aromatic carbocycles. The van der Waals surface area contributed by atoms with Crippen LogP contribution in [0.3, 0.4) is 0 Å². The van der Waals surface area contributed by atoms with Gasteiger partial charge in [-0.25, -0.2) is 0 Å². The Labute approximate surface area is 138 Å². The SMILES string of the molecule is Cc1ccc([C@]2(C)CC/C(=N/O)c3cc(C)c(C)cc32)cc1C. The number of hydrogen-bond acceptors (Lipinski definition) is 2. The molecule has 0 bridgehead atoms. The van der Waals surface area contributed by atoms with Crippen molar-refractivity contribution in [3.05, 3.63) is 69.3 Å². The van der Waals surface area contributed by atoms with Crippen molar-refractivity contribution in [3.63, 3.8) is 0 Å². The Morgan fingerprint density at radius 2 is 1.57 bits per heavy atom. The molecule has 2 aromatic rings. The van der Waals surface area contributed by atoms with Crippen molar-refractivity contribution >= 4 is 5.71 Å². The minimum Gasteiger partial charge on any atom is -0.411 e. The summed E-state index contributed by atoms with van der Waals surface area (Å²) in [5.41, 5.74) is 9.69. The van der Waals surface area contributed by atoms with Gasteiger partial charge in [0.15, 0.2) is 0 Å². The van der Waals surface area contributed by atoms with E-state index in [1.54, 1.807) is 0 Å². The zero-order valence-corrected chi connectivity index (χ0v) is 14.7. The molecule has 0 aromatic heterocycles. The Balaban J connectivity index is 2.25. The second-order valence-corrected chi connectivity index (χ2v) is 7.16. The lowest BCUT2D eigenvalue weighted by Gasteiger charge is -2.37. The second-order valence-electron chi connectivity index (χ2n) is 7.16. The average molecular weight is 307 g/mol. The fraction of sp³-hybridized carbons (Fsp3) is 0.381. The topological polar surface area (TPSA) is 32.6 Å². The lowest BCUT2D eigenvalue weighted by molar-refractivity contribution is 0.316. The van der Waals surface area contributed by atoms with Crippen LogP contribution >= 0.6 is 0 Å².